The number of imidazole rings is 1. The first-order valence-corrected chi connectivity index (χ1v) is 2.77. The van der Waals surface area contributed by atoms with Crippen LogP contribution in [0.5, 0.6) is 0 Å². The number of nitrogens with one attached hydrogen (secondary N) is 1. The number of nitrogens with zero attached hydrogens (tertiary/aromatic N) is 2. The molecule has 0 aliphatic carbocycles. The minimum Gasteiger partial charge on any atom is -0.435 e. The fourth-order valence-electron chi connectivity index (χ4n) is 0.835. The average Bonchev–Trinajstić information content (AvgIpc) is 2.41. The minimum atomic E-state index is 0.257. The molecule has 0 aliphatic heterocycles. The summed E-state index contributed by atoms with van der Waals surface area (Å²) in [6, 6.07) is 0. The van der Waals surface area contributed by atoms with Crippen LogP contribution >= 0.6 is 0 Å². The van der Waals surface area contributed by atoms with Crippen LogP contribution in [-0.4, -0.2) is 9.38 Å². The molecule has 0 saturated carbocycles. The molecule has 0 radical (unpaired) electrons. The Balaban J connectivity index is 3.24. The summed E-state index contributed by atoms with van der Waals surface area (Å²) in [6.45, 7) is 3.53. The molecule has 4 nitrogen and oxygen atoms in total. The van der Waals surface area contributed by atoms with Crippen molar-refractivity contribution in [3.8, 4) is 0 Å². The second-order valence-electron chi connectivity index (χ2n) is 1.98. The number of oxazole rings is 1. The summed E-state index contributed by atoms with van der Waals surface area (Å²) in [5.41, 5.74) is 1.19. The number of fused-ring (bicyclic) bond motifs is 1. The third-order valence-corrected chi connectivity index (χ3v) is 1.34. The van der Waals surface area contributed by atoms with Gasteiger partial charge in [-0.3, -0.25) is 9.81 Å². The molecule has 2 aromatic rings. The molecule has 0 amide bonds. The number of rotatable bonds is 0. The molecule has 0 aromatic carbocycles. The highest BCUT2D eigenvalue weighted by Gasteiger charge is 1.98. The molecule has 0 unspecified atom stereocenters. The smallest absolute Gasteiger partial charge is 0.225 e. The summed E-state index contributed by atoms with van der Waals surface area (Å²) >= 11 is 0. The van der Waals surface area contributed by atoms with Crippen LogP contribution in [-0.2, 0) is 0 Å². The third kappa shape index (κ3) is 0.452. The Morgan fingerprint density at radius 1 is 1.70 bits per heavy atom. The largest absolute Gasteiger partial charge is 0.435 e. The minimum absolute atomic E-state index is 0.257. The van der Waals surface area contributed by atoms with E-state index < -0.39 is 0 Å². The molecule has 0 bridgehead atoms. The van der Waals surface area contributed by atoms with Gasteiger partial charge in [-0.25, -0.2) is 4.98 Å². The lowest BCUT2D eigenvalue weighted by Gasteiger charge is -1.71. The average molecular weight is 135 g/mol. The van der Waals surface area contributed by atoms with Crippen molar-refractivity contribution >= 4 is 12.3 Å². The zero-order chi connectivity index (χ0) is 7.14. The van der Waals surface area contributed by atoms with Gasteiger partial charge in [0, 0.05) is 0 Å². The highest BCUT2D eigenvalue weighted by atomic mass is 16.3. The van der Waals surface area contributed by atoms with E-state index in [1.54, 1.807) is 6.20 Å². The number of aromatic nitrogens is 2. The number of hydrogen-bond donors (Lipinski definition) is 1. The first-order chi connectivity index (χ1) is 4.79. The van der Waals surface area contributed by atoms with E-state index in [9.17, 15) is 0 Å². The van der Waals surface area contributed by atoms with Gasteiger partial charge in [-0.05, 0) is 0 Å². The van der Waals surface area contributed by atoms with Crippen molar-refractivity contribution in [2.24, 2.45) is 0 Å². The van der Waals surface area contributed by atoms with E-state index in [-0.39, 0.29) is 5.49 Å². The second-order valence-corrected chi connectivity index (χ2v) is 1.98. The summed E-state index contributed by atoms with van der Waals surface area (Å²) in [7, 11) is 0. The van der Waals surface area contributed by atoms with Gasteiger partial charge in [0.25, 0.3) is 0 Å². The summed E-state index contributed by atoms with van der Waals surface area (Å²) < 4.78 is 6.57. The van der Waals surface area contributed by atoms with E-state index in [1.807, 2.05) is 0 Å². The van der Waals surface area contributed by atoms with Crippen molar-refractivity contribution in [1.29, 1.82) is 5.41 Å². The van der Waals surface area contributed by atoms with E-state index in [2.05, 4.69) is 11.6 Å². The van der Waals surface area contributed by atoms with E-state index >= 15 is 0 Å². The van der Waals surface area contributed by atoms with E-state index in [1.165, 1.54) is 10.7 Å². The maximum absolute atomic E-state index is 7.35. The van der Waals surface area contributed by atoms with Gasteiger partial charge in [0.15, 0.2) is 10.9 Å². The van der Waals surface area contributed by atoms with Crippen LogP contribution in [0, 0.1) is 5.41 Å². The van der Waals surface area contributed by atoms with Crippen LogP contribution in [0.15, 0.2) is 16.9 Å². The first-order valence-electron chi connectivity index (χ1n) is 2.77. The molecule has 4 heteroatoms. The third-order valence-electron chi connectivity index (χ3n) is 1.34. The van der Waals surface area contributed by atoms with E-state index in [0.29, 0.717) is 11.1 Å². The summed E-state index contributed by atoms with van der Waals surface area (Å²) in [5, 5.41) is 7.35. The van der Waals surface area contributed by atoms with Gasteiger partial charge in [0.1, 0.15) is 6.33 Å². The highest BCUT2D eigenvalue weighted by molar-refractivity contribution is 5.29. The molecule has 2 aromatic heterocycles. The van der Waals surface area contributed by atoms with E-state index in [0.717, 1.165) is 0 Å². The van der Waals surface area contributed by atoms with Crippen molar-refractivity contribution in [1.82, 2.24) is 9.38 Å². The van der Waals surface area contributed by atoms with Crippen molar-refractivity contribution in [3.05, 3.63) is 23.4 Å². The van der Waals surface area contributed by atoms with Crippen molar-refractivity contribution in [2.45, 2.75) is 0 Å². The Morgan fingerprint density at radius 2 is 2.50 bits per heavy atom. The van der Waals surface area contributed by atoms with Crippen LogP contribution in [0.2, 0.25) is 0 Å². The zero-order valence-electron chi connectivity index (χ0n) is 5.16. The Kier molecular flexibility index (Phi) is 0.768. The van der Waals surface area contributed by atoms with Crippen LogP contribution in [0.1, 0.15) is 0 Å². The summed E-state index contributed by atoms with van der Waals surface area (Å²) in [4.78, 5) is 3.78. The van der Waals surface area contributed by atoms with E-state index in [4.69, 9.17) is 9.83 Å². The SMILES string of the molecule is C=c1oc2cncn2c1=N. The fraction of sp³-hybridized carbons (Fsp3) is 0. The Labute approximate surface area is 55.9 Å². The molecular weight excluding hydrogens is 130 g/mol. The van der Waals surface area contributed by atoms with Gasteiger partial charge in [0.2, 0.25) is 5.71 Å². The van der Waals surface area contributed by atoms with Crippen molar-refractivity contribution < 1.29 is 4.42 Å². The van der Waals surface area contributed by atoms with Gasteiger partial charge in [-0.2, -0.15) is 0 Å². The Morgan fingerprint density at radius 3 is 3.20 bits per heavy atom. The molecule has 1 N–H and O–H groups in total. The quantitative estimate of drug-likeness (QED) is 0.531. The Bertz CT molecular complexity index is 453. The molecule has 50 valence electrons. The molecule has 2 rings (SSSR count). The fourth-order valence-corrected chi connectivity index (χ4v) is 0.835. The lowest BCUT2D eigenvalue weighted by atomic mass is 10.7. The standard InChI is InChI=1S/C6H5N3O/c1-4-6(7)9-3-8-2-5(9)10-4/h2-3,7H,1H2. The molecule has 0 aliphatic rings. The molecule has 0 spiro atoms. The predicted octanol–water partition coefficient (Wildman–Crippen LogP) is -0.464. The Hall–Kier alpha value is -1.58. The summed E-state index contributed by atoms with van der Waals surface area (Å²) in [5.74, 6) is 0. The van der Waals surface area contributed by atoms with Gasteiger partial charge in [-0.15, -0.1) is 0 Å². The van der Waals surface area contributed by atoms with Crippen molar-refractivity contribution in [3.63, 3.8) is 0 Å². The van der Waals surface area contributed by atoms with Gasteiger partial charge in [0.05, 0.1) is 6.20 Å². The molecule has 0 saturated heterocycles. The predicted molar refractivity (Wildman–Crippen MR) is 34.1 cm³/mol. The maximum atomic E-state index is 7.35. The first kappa shape index (κ1) is 5.22. The monoisotopic (exact) mass is 135 g/mol. The molecule has 10 heavy (non-hydrogen) atoms. The highest BCUT2D eigenvalue weighted by Crippen LogP contribution is 1.91. The van der Waals surface area contributed by atoms with Gasteiger partial charge >= 0.3 is 0 Å². The van der Waals surface area contributed by atoms with Gasteiger partial charge < -0.3 is 4.42 Å². The zero-order valence-corrected chi connectivity index (χ0v) is 5.16. The van der Waals surface area contributed by atoms with Gasteiger partial charge in [-0.1, -0.05) is 6.58 Å². The normalized spacial score (nSPS) is 10.8. The lowest BCUT2D eigenvalue weighted by molar-refractivity contribution is 0.570. The lowest BCUT2D eigenvalue weighted by Crippen LogP contribution is -2.21. The maximum Gasteiger partial charge on any atom is 0.225 e. The molecule has 0 atom stereocenters. The van der Waals surface area contributed by atoms with Crippen LogP contribution in [0.3, 0.4) is 0 Å². The molecular formula is C6H5N3O. The number of hydrogen-bond acceptors (Lipinski definition) is 3. The topological polar surface area (TPSA) is 54.3 Å². The second kappa shape index (κ2) is 1.47. The van der Waals surface area contributed by atoms with Crippen LogP contribution in [0.4, 0.5) is 0 Å². The molecule has 2 heterocycles. The molecule has 0 fully saturated rings. The van der Waals surface area contributed by atoms with Crippen molar-refractivity contribution in [2.75, 3.05) is 0 Å². The van der Waals surface area contributed by atoms with Crippen LogP contribution < -0.4 is 10.9 Å². The summed E-state index contributed by atoms with van der Waals surface area (Å²) in [6.07, 6.45) is 3.07. The van der Waals surface area contributed by atoms with Crippen LogP contribution in [0.25, 0.3) is 12.3 Å².